The predicted molar refractivity (Wildman–Crippen MR) is 111 cm³/mol. The van der Waals surface area contributed by atoms with Crippen LogP contribution in [0.3, 0.4) is 0 Å². The van der Waals surface area contributed by atoms with Crippen LogP contribution in [-0.4, -0.2) is 38.2 Å². The molecule has 1 aliphatic rings. The van der Waals surface area contributed by atoms with Crippen LogP contribution in [0.25, 0.3) is 0 Å². The molecule has 7 nitrogen and oxygen atoms in total. The number of furan rings is 1. The minimum absolute atomic E-state index is 0.0656. The Hall–Kier alpha value is -3.09. The number of rotatable bonds is 7. The van der Waals surface area contributed by atoms with Gasteiger partial charge in [0, 0.05) is 37.7 Å². The molecule has 152 valence electrons. The van der Waals surface area contributed by atoms with Gasteiger partial charge in [0.25, 0.3) is 5.91 Å². The molecular formula is C22H27N5O2. The van der Waals surface area contributed by atoms with Gasteiger partial charge in [-0.05, 0) is 62.9 Å². The largest absolute Gasteiger partial charge is 0.465 e. The van der Waals surface area contributed by atoms with Gasteiger partial charge in [0.05, 0.1) is 12.1 Å². The standard InChI is InChI=1S/C22H27N5O2/c1-17-6-8-20(29-17)16-24-21-9-7-18(15-23-21)22(28)27-13-3-2-5-19(27)10-14-26-12-4-11-25-26/h4,6-9,11-12,15,19H,2-3,5,10,13-14,16H2,1H3,(H,23,24)/t19-/m0/s1. The highest BCUT2D eigenvalue weighted by Gasteiger charge is 2.27. The van der Waals surface area contributed by atoms with Crippen molar-refractivity contribution in [3.05, 3.63) is 66.0 Å². The lowest BCUT2D eigenvalue weighted by molar-refractivity contribution is 0.0593. The van der Waals surface area contributed by atoms with E-state index in [1.54, 1.807) is 12.4 Å². The number of piperidine rings is 1. The summed E-state index contributed by atoms with van der Waals surface area (Å²) in [5, 5.41) is 7.49. The Labute approximate surface area is 170 Å². The van der Waals surface area contributed by atoms with Crippen LogP contribution in [-0.2, 0) is 13.1 Å². The van der Waals surface area contributed by atoms with Crippen LogP contribution in [0.5, 0.6) is 0 Å². The molecule has 1 atom stereocenters. The third-order valence-corrected chi connectivity index (χ3v) is 5.39. The number of carbonyl (C=O) groups is 1. The molecule has 1 amide bonds. The SMILES string of the molecule is Cc1ccc(CNc2ccc(C(=O)N3CCCC[C@H]3CCn3cccn3)cn2)o1. The van der Waals surface area contributed by atoms with Crippen molar-refractivity contribution in [1.82, 2.24) is 19.7 Å². The molecule has 0 saturated carbocycles. The number of hydrogen-bond donors (Lipinski definition) is 1. The minimum Gasteiger partial charge on any atom is -0.465 e. The molecule has 0 unspecified atom stereocenters. The van der Waals surface area contributed by atoms with E-state index >= 15 is 0 Å². The first-order valence-electron chi connectivity index (χ1n) is 10.2. The van der Waals surface area contributed by atoms with E-state index in [-0.39, 0.29) is 11.9 Å². The Morgan fingerprint density at radius 2 is 2.21 bits per heavy atom. The maximum atomic E-state index is 13.1. The predicted octanol–water partition coefficient (Wildman–Crippen LogP) is 3.88. The van der Waals surface area contributed by atoms with Gasteiger partial charge >= 0.3 is 0 Å². The summed E-state index contributed by atoms with van der Waals surface area (Å²) in [6.45, 7) is 4.12. The van der Waals surface area contributed by atoms with Crippen LogP contribution in [0.2, 0.25) is 0 Å². The van der Waals surface area contributed by atoms with Gasteiger partial charge in [-0.1, -0.05) is 0 Å². The number of nitrogens with one attached hydrogen (secondary N) is 1. The van der Waals surface area contributed by atoms with Crippen LogP contribution in [0.4, 0.5) is 5.82 Å². The zero-order valence-corrected chi connectivity index (χ0v) is 16.8. The Kier molecular flexibility index (Phi) is 5.93. The molecule has 0 aromatic carbocycles. The quantitative estimate of drug-likeness (QED) is 0.659. The summed E-state index contributed by atoms with van der Waals surface area (Å²) in [5.41, 5.74) is 0.635. The van der Waals surface area contributed by atoms with E-state index in [0.717, 1.165) is 49.7 Å². The lowest BCUT2D eigenvalue weighted by Gasteiger charge is -2.36. The lowest BCUT2D eigenvalue weighted by Crippen LogP contribution is -2.44. The number of carbonyl (C=O) groups excluding carboxylic acids is 1. The van der Waals surface area contributed by atoms with Gasteiger partial charge in [0.1, 0.15) is 17.3 Å². The summed E-state index contributed by atoms with van der Waals surface area (Å²) in [6, 6.07) is 9.77. The Morgan fingerprint density at radius 3 is 2.93 bits per heavy atom. The molecule has 1 aliphatic heterocycles. The van der Waals surface area contributed by atoms with Gasteiger partial charge in [-0.25, -0.2) is 4.98 Å². The Morgan fingerprint density at radius 1 is 1.28 bits per heavy atom. The van der Waals surface area contributed by atoms with Crippen molar-refractivity contribution >= 4 is 11.7 Å². The van der Waals surface area contributed by atoms with Crippen molar-refractivity contribution in [2.24, 2.45) is 0 Å². The molecule has 3 aromatic rings. The summed E-state index contributed by atoms with van der Waals surface area (Å²) in [4.78, 5) is 19.5. The van der Waals surface area contributed by atoms with E-state index in [1.165, 1.54) is 6.42 Å². The van der Waals surface area contributed by atoms with E-state index in [4.69, 9.17) is 4.42 Å². The number of likely N-dealkylation sites (tertiary alicyclic amines) is 1. The highest BCUT2D eigenvalue weighted by molar-refractivity contribution is 5.94. The van der Waals surface area contributed by atoms with E-state index in [0.29, 0.717) is 12.1 Å². The van der Waals surface area contributed by atoms with Crippen molar-refractivity contribution < 1.29 is 9.21 Å². The molecule has 4 rings (SSSR count). The van der Waals surface area contributed by atoms with Crippen LogP contribution < -0.4 is 5.32 Å². The van der Waals surface area contributed by atoms with Crippen molar-refractivity contribution in [3.63, 3.8) is 0 Å². The van der Waals surface area contributed by atoms with E-state index in [9.17, 15) is 4.79 Å². The van der Waals surface area contributed by atoms with Crippen LogP contribution in [0.1, 0.15) is 47.6 Å². The average Bonchev–Trinajstić information content (AvgIpc) is 3.42. The minimum atomic E-state index is 0.0656. The van der Waals surface area contributed by atoms with E-state index in [2.05, 4.69) is 15.4 Å². The van der Waals surface area contributed by atoms with Gasteiger partial charge < -0.3 is 14.6 Å². The first-order chi connectivity index (χ1) is 14.2. The zero-order chi connectivity index (χ0) is 20.1. The van der Waals surface area contributed by atoms with E-state index in [1.807, 2.05) is 53.0 Å². The number of hydrogen-bond acceptors (Lipinski definition) is 5. The van der Waals surface area contributed by atoms with Crippen LogP contribution >= 0.6 is 0 Å². The first kappa shape index (κ1) is 19.2. The van der Waals surface area contributed by atoms with Gasteiger partial charge in [-0.2, -0.15) is 5.10 Å². The van der Waals surface area contributed by atoms with Gasteiger partial charge in [0.2, 0.25) is 0 Å². The molecule has 0 spiro atoms. The first-order valence-corrected chi connectivity index (χ1v) is 10.2. The van der Waals surface area contributed by atoms with Crippen LogP contribution in [0.15, 0.2) is 53.3 Å². The number of anilines is 1. The fraction of sp³-hybridized carbons (Fsp3) is 0.409. The van der Waals surface area contributed by atoms with Crippen LogP contribution in [0, 0.1) is 6.92 Å². The second kappa shape index (κ2) is 8.94. The van der Waals surface area contributed by atoms with Crippen molar-refractivity contribution in [1.29, 1.82) is 0 Å². The van der Waals surface area contributed by atoms with E-state index < -0.39 is 0 Å². The maximum Gasteiger partial charge on any atom is 0.255 e. The summed E-state index contributed by atoms with van der Waals surface area (Å²) in [6.07, 6.45) is 9.61. The average molecular weight is 393 g/mol. The summed E-state index contributed by atoms with van der Waals surface area (Å²) >= 11 is 0. The number of nitrogens with zero attached hydrogens (tertiary/aromatic N) is 4. The smallest absolute Gasteiger partial charge is 0.255 e. The molecule has 1 saturated heterocycles. The second-order valence-corrected chi connectivity index (χ2v) is 7.50. The molecule has 0 aliphatic carbocycles. The highest BCUT2D eigenvalue weighted by Crippen LogP contribution is 2.23. The fourth-order valence-electron chi connectivity index (χ4n) is 3.83. The number of pyridine rings is 1. The van der Waals surface area contributed by atoms with Gasteiger partial charge in [0.15, 0.2) is 0 Å². The summed E-state index contributed by atoms with van der Waals surface area (Å²) < 4.78 is 7.48. The lowest BCUT2D eigenvalue weighted by atomic mass is 9.98. The molecule has 7 heteroatoms. The second-order valence-electron chi connectivity index (χ2n) is 7.50. The van der Waals surface area contributed by atoms with Crippen molar-refractivity contribution in [2.75, 3.05) is 11.9 Å². The molecule has 3 aromatic heterocycles. The molecule has 1 N–H and O–H groups in total. The van der Waals surface area contributed by atoms with Crippen molar-refractivity contribution in [3.8, 4) is 0 Å². The van der Waals surface area contributed by atoms with Gasteiger partial charge in [-0.15, -0.1) is 0 Å². The number of aromatic nitrogens is 3. The highest BCUT2D eigenvalue weighted by atomic mass is 16.3. The normalized spacial score (nSPS) is 16.7. The topological polar surface area (TPSA) is 76.2 Å². The molecule has 4 heterocycles. The maximum absolute atomic E-state index is 13.1. The molecule has 0 radical (unpaired) electrons. The molecule has 29 heavy (non-hydrogen) atoms. The monoisotopic (exact) mass is 393 g/mol. The molecular weight excluding hydrogens is 366 g/mol. The van der Waals surface area contributed by atoms with Crippen molar-refractivity contribution in [2.45, 2.75) is 51.7 Å². The fourth-order valence-corrected chi connectivity index (χ4v) is 3.83. The Balaban J connectivity index is 1.36. The van der Waals surface area contributed by atoms with Gasteiger partial charge in [-0.3, -0.25) is 9.48 Å². The zero-order valence-electron chi connectivity index (χ0n) is 16.8. The molecule has 0 bridgehead atoms. The third-order valence-electron chi connectivity index (χ3n) is 5.39. The number of aryl methyl sites for hydroxylation is 2. The third kappa shape index (κ3) is 4.85. The summed E-state index contributed by atoms with van der Waals surface area (Å²) in [7, 11) is 0. The summed E-state index contributed by atoms with van der Waals surface area (Å²) in [5.74, 6) is 2.54. The Bertz CT molecular complexity index is 917. The molecule has 1 fully saturated rings. The number of amides is 1.